The van der Waals surface area contributed by atoms with E-state index in [0.29, 0.717) is 13.0 Å². The maximum Gasteiger partial charge on any atom is 0.310 e. The number of carboxylic acid groups (broad SMARTS) is 1. The zero-order chi connectivity index (χ0) is 12.3. The quantitative estimate of drug-likeness (QED) is 0.819. The molecule has 2 atom stereocenters. The largest absolute Gasteiger partial charge is 0.481 e. The Labute approximate surface area is 100 Å². The van der Waals surface area contributed by atoms with Gasteiger partial charge in [0.05, 0.1) is 12.0 Å². The average molecular weight is 235 g/mol. The van der Waals surface area contributed by atoms with Crippen LogP contribution in [0.3, 0.4) is 0 Å². The highest BCUT2D eigenvalue weighted by molar-refractivity contribution is 5.71. The highest BCUT2D eigenvalue weighted by atomic mass is 16.4. The van der Waals surface area contributed by atoms with Crippen molar-refractivity contribution in [2.75, 3.05) is 13.1 Å². The predicted molar refractivity (Wildman–Crippen MR) is 63.5 cm³/mol. The molecule has 4 nitrogen and oxygen atoms in total. The summed E-state index contributed by atoms with van der Waals surface area (Å²) in [6.45, 7) is 1.92. The molecule has 1 fully saturated rings. The third-order valence-electron chi connectivity index (χ3n) is 3.23. The normalized spacial score (nSPS) is 25.7. The molecule has 1 aliphatic rings. The fourth-order valence-electron chi connectivity index (χ4n) is 2.24. The average Bonchev–Trinajstić information content (AvgIpc) is 2.32. The third kappa shape index (κ3) is 3.05. The first-order valence-corrected chi connectivity index (χ1v) is 5.84. The Morgan fingerprint density at radius 1 is 1.35 bits per heavy atom. The van der Waals surface area contributed by atoms with Gasteiger partial charge >= 0.3 is 5.97 Å². The van der Waals surface area contributed by atoms with E-state index in [0.717, 1.165) is 13.1 Å². The molecular weight excluding hydrogens is 218 g/mol. The second-order valence-electron chi connectivity index (χ2n) is 4.52. The van der Waals surface area contributed by atoms with E-state index in [1.807, 2.05) is 30.3 Å². The van der Waals surface area contributed by atoms with Crippen LogP contribution in [0.25, 0.3) is 0 Å². The van der Waals surface area contributed by atoms with Crippen LogP contribution >= 0.6 is 0 Å². The Morgan fingerprint density at radius 2 is 2.06 bits per heavy atom. The van der Waals surface area contributed by atoms with Crippen LogP contribution in [0.5, 0.6) is 0 Å². The van der Waals surface area contributed by atoms with Gasteiger partial charge in [-0.15, -0.1) is 0 Å². The van der Waals surface area contributed by atoms with Crippen molar-refractivity contribution in [1.29, 1.82) is 0 Å². The number of nitrogens with zero attached hydrogens (tertiary/aromatic N) is 1. The first-order chi connectivity index (χ1) is 8.16. The molecule has 0 spiro atoms. The minimum absolute atomic E-state index is 0.422. The van der Waals surface area contributed by atoms with Gasteiger partial charge < -0.3 is 10.2 Å². The highest BCUT2D eigenvalue weighted by Gasteiger charge is 2.32. The Balaban J connectivity index is 1.97. The summed E-state index contributed by atoms with van der Waals surface area (Å²) in [4.78, 5) is 13.1. The van der Waals surface area contributed by atoms with E-state index in [4.69, 9.17) is 5.11 Å². The van der Waals surface area contributed by atoms with E-state index in [2.05, 4.69) is 4.90 Å². The first kappa shape index (κ1) is 12.1. The summed E-state index contributed by atoms with van der Waals surface area (Å²) in [5.74, 6) is -1.57. The zero-order valence-corrected chi connectivity index (χ0v) is 9.62. The van der Waals surface area contributed by atoms with Gasteiger partial charge in [0.25, 0.3) is 0 Å². The number of aliphatic hydroxyl groups is 1. The Morgan fingerprint density at radius 3 is 2.71 bits per heavy atom. The number of aliphatic hydroxyl groups excluding tert-OH is 1. The number of benzene rings is 1. The van der Waals surface area contributed by atoms with Crippen LogP contribution in [0.2, 0.25) is 0 Å². The summed E-state index contributed by atoms with van der Waals surface area (Å²) in [7, 11) is 0. The number of hydrogen-bond acceptors (Lipinski definition) is 3. The molecule has 0 amide bonds. The molecule has 4 heteroatoms. The molecule has 0 aliphatic carbocycles. The van der Waals surface area contributed by atoms with Crippen LogP contribution in [0.4, 0.5) is 0 Å². The molecule has 2 rings (SSSR count). The van der Waals surface area contributed by atoms with Gasteiger partial charge in [0.2, 0.25) is 0 Å². The Kier molecular flexibility index (Phi) is 3.76. The van der Waals surface area contributed by atoms with Gasteiger partial charge in [-0.1, -0.05) is 30.3 Å². The summed E-state index contributed by atoms with van der Waals surface area (Å²) < 4.78 is 0. The number of piperidine rings is 1. The Bertz CT molecular complexity index is 380. The monoisotopic (exact) mass is 235 g/mol. The topological polar surface area (TPSA) is 60.8 Å². The van der Waals surface area contributed by atoms with Crippen LogP contribution < -0.4 is 0 Å². The van der Waals surface area contributed by atoms with Crippen LogP contribution in [0, 0.1) is 5.92 Å². The van der Waals surface area contributed by atoms with Crippen LogP contribution in [-0.4, -0.2) is 40.3 Å². The standard InChI is InChI=1S/C13H17NO3/c15-12-6-7-14(9-11(12)13(16)17)8-10-4-2-1-3-5-10/h1-5,11-12,15H,6-9H2,(H,16,17)/t11-,12-/m0/s1. The van der Waals surface area contributed by atoms with Gasteiger partial charge in [-0.2, -0.15) is 0 Å². The maximum absolute atomic E-state index is 11.0. The molecule has 1 aliphatic heterocycles. The molecule has 2 N–H and O–H groups in total. The number of rotatable bonds is 3. The first-order valence-electron chi connectivity index (χ1n) is 5.84. The van der Waals surface area contributed by atoms with E-state index in [1.54, 1.807) is 0 Å². The number of hydrogen-bond donors (Lipinski definition) is 2. The third-order valence-corrected chi connectivity index (χ3v) is 3.23. The molecule has 0 aromatic heterocycles. The van der Waals surface area contributed by atoms with E-state index < -0.39 is 18.0 Å². The Hall–Kier alpha value is -1.39. The summed E-state index contributed by atoms with van der Waals surface area (Å²) in [5, 5.41) is 18.6. The lowest BCUT2D eigenvalue weighted by atomic mass is 9.94. The van der Waals surface area contributed by atoms with Crippen LogP contribution in [0.15, 0.2) is 30.3 Å². The molecule has 1 saturated heterocycles. The smallest absolute Gasteiger partial charge is 0.310 e. The molecule has 0 unspecified atom stereocenters. The van der Waals surface area contributed by atoms with E-state index >= 15 is 0 Å². The van der Waals surface area contributed by atoms with E-state index in [1.165, 1.54) is 5.56 Å². The molecular formula is C13H17NO3. The van der Waals surface area contributed by atoms with Crippen molar-refractivity contribution in [1.82, 2.24) is 4.90 Å². The summed E-state index contributed by atoms with van der Waals surface area (Å²) in [6.07, 6.45) is -0.177. The molecule has 92 valence electrons. The molecule has 1 aromatic rings. The van der Waals surface area contributed by atoms with Crippen molar-refractivity contribution in [3.63, 3.8) is 0 Å². The maximum atomic E-state index is 11.0. The molecule has 17 heavy (non-hydrogen) atoms. The molecule has 1 aromatic carbocycles. The lowest BCUT2D eigenvalue weighted by molar-refractivity contribution is -0.149. The number of likely N-dealkylation sites (tertiary alicyclic amines) is 1. The lowest BCUT2D eigenvalue weighted by Gasteiger charge is -2.33. The van der Waals surface area contributed by atoms with Crippen molar-refractivity contribution >= 4 is 5.97 Å². The highest BCUT2D eigenvalue weighted by Crippen LogP contribution is 2.19. The van der Waals surface area contributed by atoms with Gasteiger partial charge in [-0.3, -0.25) is 9.69 Å². The summed E-state index contributed by atoms with van der Waals surface area (Å²) >= 11 is 0. The summed E-state index contributed by atoms with van der Waals surface area (Å²) in [5.41, 5.74) is 1.17. The van der Waals surface area contributed by atoms with Crippen molar-refractivity contribution in [2.45, 2.75) is 19.1 Å². The number of aliphatic carboxylic acids is 1. The van der Waals surface area contributed by atoms with Crippen LogP contribution in [-0.2, 0) is 11.3 Å². The van der Waals surface area contributed by atoms with Gasteiger partial charge in [-0.05, 0) is 12.0 Å². The SMILES string of the molecule is O=C(O)[C@H]1CN(Cc2ccccc2)CC[C@@H]1O. The van der Waals surface area contributed by atoms with Crippen molar-refractivity contribution in [3.05, 3.63) is 35.9 Å². The van der Waals surface area contributed by atoms with Gasteiger partial charge in [-0.25, -0.2) is 0 Å². The van der Waals surface area contributed by atoms with Crippen molar-refractivity contribution in [3.8, 4) is 0 Å². The van der Waals surface area contributed by atoms with Gasteiger partial charge in [0.15, 0.2) is 0 Å². The molecule has 1 heterocycles. The predicted octanol–water partition coefficient (Wildman–Crippen LogP) is 0.954. The molecule has 0 saturated carbocycles. The second kappa shape index (κ2) is 5.29. The fourth-order valence-corrected chi connectivity index (χ4v) is 2.24. The summed E-state index contributed by atoms with van der Waals surface area (Å²) in [6, 6.07) is 9.97. The number of carboxylic acids is 1. The van der Waals surface area contributed by atoms with E-state index in [9.17, 15) is 9.90 Å². The van der Waals surface area contributed by atoms with Gasteiger partial charge in [0, 0.05) is 19.6 Å². The lowest BCUT2D eigenvalue weighted by Crippen LogP contribution is -2.46. The van der Waals surface area contributed by atoms with Crippen LogP contribution in [0.1, 0.15) is 12.0 Å². The minimum Gasteiger partial charge on any atom is -0.481 e. The minimum atomic E-state index is -0.907. The molecule has 0 bridgehead atoms. The molecule has 0 radical (unpaired) electrons. The number of carbonyl (C=O) groups is 1. The van der Waals surface area contributed by atoms with Crippen molar-refractivity contribution < 1.29 is 15.0 Å². The zero-order valence-electron chi connectivity index (χ0n) is 9.62. The fraction of sp³-hybridized carbons (Fsp3) is 0.462. The van der Waals surface area contributed by atoms with Gasteiger partial charge in [0.1, 0.15) is 0 Å². The second-order valence-corrected chi connectivity index (χ2v) is 4.52. The van der Waals surface area contributed by atoms with E-state index in [-0.39, 0.29) is 0 Å². The van der Waals surface area contributed by atoms with Crippen molar-refractivity contribution in [2.24, 2.45) is 5.92 Å².